The average Bonchev–Trinajstić information content (AvgIpc) is 2.36. The molecular weight excluding hydrogens is 138 g/mol. The topological polar surface area (TPSA) is 43.8 Å². The molecule has 2 N–H and O–H groups in total. The second-order valence-electron chi connectivity index (χ2n) is 3.45. The van der Waals surface area contributed by atoms with Crippen molar-refractivity contribution in [2.24, 2.45) is 12.8 Å². The van der Waals surface area contributed by atoms with Gasteiger partial charge in [-0.05, 0) is 0 Å². The lowest BCUT2D eigenvalue weighted by Crippen LogP contribution is -2.31. The molecule has 0 saturated heterocycles. The van der Waals surface area contributed by atoms with Crippen molar-refractivity contribution in [3.63, 3.8) is 0 Å². The van der Waals surface area contributed by atoms with Gasteiger partial charge in [0.05, 0.1) is 0 Å². The van der Waals surface area contributed by atoms with Gasteiger partial charge in [0.2, 0.25) is 0 Å². The van der Waals surface area contributed by atoms with Crippen molar-refractivity contribution in [3.05, 3.63) is 18.2 Å². The second-order valence-corrected chi connectivity index (χ2v) is 3.45. The standard InChI is InChI=1S/C8H15N3/c1-8(2,6-9)7-10-4-5-11(7)3/h4-5H,6,9H2,1-3H3. The molecule has 0 spiro atoms. The van der Waals surface area contributed by atoms with E-state index in [0.29, 0.717) is 6.54 Å². The normalized spacial score (nSPS) is 12.0. The van der Waals surface area contributed by atoms with Crippen LogP contribution in [0, 0.1) is 0 Å². The minimum atomic E-state index is -0.0156. The van der Waals surface area contributed by atoms with E-state index in [1.807, 2.05) is 17.8 Å². The molecule has 0 atom stereocenters. The van der Waals surface area contributed by atoms with Crippen LogP contribution in [0.15, 0.2) is 12.4 Å². The molecule has 0 bridgehead atoms. The highest BCUT2D eigenvalue weighted by atomic mass is 15.0. The second kappa shape index (κ2) is 2.66. The average molecular weight is 153 g/mol. The van der Waals surface area contributed by atoms with Gasteiger partial charge in [-0.25, -0.2) is 4.98 Å². The van der Waals surface area contributed by atoms with Crippen molar-refractivity contribution < 1.29 is 0 Å². The maximum Gasteiger partial charge on any atom is 0.115 e. The van der Waals surface area contributed by atoms with E-state index in [0.717, 1.165) is 5.82 Å². The van der Waals surface area contributed by atoms with Gasteiger partial charge in [0.25, 0.3) is 0 Å². The summed E-state index contributed by atoms with van der Waals surface area (Å²) in [7, 11) is 1.99. The Bertz CT molecular complexity index is 237. The monoisotopic (exact) mass is 153 g/mol. The highest BCUT2D eigenvalue weighted by molar-refractivity contribution is 5.06. The van der Waals surface area contributed by atoms with E-state index in [2.05, 4.69) is 18.8 Å². The van der Waals surface area contributed by atoms with E-state index in [4.69, 9.17) is 5.73 Å². The van der Waals surface area contributed by atoms with Gasteiger partial charge in [-0.1, -0.05) is 13.8 Å². The van der Waals surface area contributed by atoms with Gasteiger partial charge < -0.3 is 10.3 Å². The van der Waals surface area contributed by atoms with E-state index in [-0.39, 0.29) is 5.41 Å². The summed E-state index contributed by atoms with van der Waals surface area (Å²) in [6.45, 7) is 4.81. The van der Waals surface area contributed by atoms with Crippen LogP contribution in [-0.4, -0.2) is 16.1 Å². The Morgan fingerprint density at radius 3 is 2.64 bits per heavy atom. The smallest absolute Gasteiger partial charge is 0.115 e. The van der Waals surface area contributed by atoms with Crippen molar-refractivity contribution in [1.29, 1.82) is 0 Å². The number of hydrogen-bond acceptors (Lipinski definition) is 2. The van der Waals surface area contributed by atoms with E-state index in [1.165, 1.54) is 0 Å². The largest absolute Gasteiger partial charge is 0.338 e. The first kappa shape index (κ1) is 8.27. The predicted molar refractivity (Wildman–Crippen MR) is 45.3 cm³/mol. The number of hydrogen-bond donors (Lipinski definition) is 1. The molecule has 1 aromatic rings. The Balaban J connectivity index is 3.00. The minimum Gasteiger partial charge on any atom is -0.338 e. The van der Waals surface area contributed by atoms with Gasteiger partial charge in [0.15, 0.2) is 0 Å². The summed E-state index contributed by atoms with van der Waals surface area (Å²) in [5, 5.41) is 0. The minimum absolute atomic E-state index is 0.0156. The quantitative estimate of drug-likeness (QED) is 0.678. The molecule has 3 heteroatoms. The van der Waals surface area contributed by atoms with E-state index < -0.39 is 0 Å². The molecule has 0 aliphatic rings. The summed E-state index contributed by atoms with van der Waals surface area (Å²) in [5.74, 6) is 1.04. The van der Waals surface area contributed by atoms with E-state index in [1.54, 1.807) is 6.20 Å². The first-order valence-electron chi connectivity index (χ1n) is 3.76. The molecule has 0 saturated carbocycles. The van der Waals surface area contributed by atoms with Crippen LogP contribution in [0.3, 0.4) is 0 Å². The summed E-state index contributed by atoms with van der Waals surface area (Å²) in [5.41, 5.74) is 5.60. The number of aryl methyl sites for hydroxylation is 1. The van der Waals surface area contributed by atoms with Crippen LogP contribution in [0.5, 0.6) is 0 Å². The fraction of sp³-hybridized carbons (Fsp3) is 0.625. The van der Waals surface area contributed by atoms with Gasteiger partial charge in [-0.2, -0.15) is 0 Å². The summed E-state index contributed by atoms with van der Waals surface area (Å²) in [6.07, 6.45) is 3.74. The highest BCUT2D eigenvalue weighted by Gasteiger charge is 2.22. The van der Waals surface area contributed by atoms with Crippen LogP contribution in [0.25, 0.3) is 0 Å². The molecule has 62 valence electrons. The van der Waals surface area contributed by atoms with Crippen LogP contribution in [0.1, 0.15) is 19.7 Å². The summed E-state index contributed by atoms with van der Waals surface area (Å²) < 4.78 is 2.01. The van der Waals surface area contributed by atoms with E-state index in [9.17, 15) is 0 Å². The molecule has 1 rings (SSSR count). The van der Waals surface area contributed by atoms with Crippen molar-refractivity contribution >= 4 is 0 Å². The molecule has 0 aliphatic carbocycles. The number of nitrogens with two attached hydrogens (primary N) is 1. The van der Waals surface area contributed by atoms with Gasteiger partial charge in [-0.3, -0.25) is 0 Å². The lowest BCUT2D eigenvalue weighted by molar-refractivity contribution is 0.484. The first-order valence-corrected chi connectivity index (χ1v) is 3.76. The zero-order valence-electron chi connectivity index (χ0n) is 7.33. The summed E-state index contributed by atoms with van der Waals surface area (Å²) in [4.78, 5) is 4.24. The molecular formula is C8H15N3. The van der Waals surface area contributed by atoms with Gasteiger partial charge in [0.1, 0.15) is 5.82 Å². The molecule has 0 fully saturated rings. The van der Waals surface area contributed by atoms with Crippen LogP contribution in [0.4, 0.5) is 0 Å². The third-order valence-electron chi connectivity index (χ3n) is 1.94. The SMILES string of the molecule is Cn1ccnc1C(C)(C)CN. The fourth-order valence-corrected chi connectivity index (χ4v) is 1.11. The van der Waals surface area contributed by atoms with Crippen LogP contribution in [0.2, 0.25) is 0 Å². The van der Waals surface area contributed by atoms with Crippen LogP contribution < -0.4 is 5.73 Å². The maximum absolute atomic E-state index is 5.61. The van der Waals surface area contributed by atoms with Gasteiger partial charge in [-0.15, -0.1) is 0 Å². The Morgan fingerprint density at radius 1 is 1.64 bits per heavy atom. The lowest BCUT2D eigenvalue weighted by Gasteiger charge is -2.21. The Hall–Kier alpha value is -0.830. The van der Waals surface area contributed by atoms with Crippen molar-refractivity contribution in [2.75, 3.05) is 6.54 Å². The zero-order chi connectivity index (χ0) is 8.48. The molecule has 1 aromatic heterocycles. The Kier molecular flexibility index (Phi) is 2.00. The first-order chi connectivity index (χ1) is 5.08. The highest BCUT2D eigenvalue weighted by Crippen LogP contribution is 2.18. The van der Waals surface area contributed by atoms with Crippen molar-refractivity contribution in [3.8, 4) is 0 Å². The zero-order valence-corrected chi connectivity index (χ0v) is 7.33. The maximum atomic E-state index is 5.61. The van der Waals surface area contributed by atoms with E-state index >= 15 is 0 Å². The predicted octanol–water partition coefficient (Wildman–Crippen LogP) is 0.656. The molecule has 0 unspecified atom stereocenters. The van der Waals surface area contributed by atoms with Gasteiger partial charge in [0, 0.05) is 31.4 Å². The third-order valence-corrected chi connectivity index (χ3v) is 1.94. The number of imidazole rings is 1. The molecule has 11 heavy (non-hydrogen) atoms. The molecule has 1 heterocycles. The van der Waals surface area contributed by atoms with Crippen LogP contribution >= 0.6 is 0 Å². The Labute approximate surface area is 67.2 Å². The number of rotatable bonds is 2. The van der Waals surface area contributed by atoms with Gasteiger partial charge >= 0.3 is 0 Å². The molecule has 0 radical (unpaired) electrons. The molecule has 0 aliphatic heterocycles. The molecule has 0 amide bonds. The Morgan fingerprint density at radius 2 is 2.27 bits per heavy atom. The van der Waals surface area contributed by atoms with Crippen molar-refractivity contribution in [2.45, 2.75) is 19.3 Å². The summed E-state index contributed by atoms with van der Waals surface area (Å²) >= 11 is 0. The lowest BCUT2D eigenvalue weighted by atomic mass is 9.93. The molecule has 3 nitrogen and oxygen atoms in total. The number of nitrogens with zero attached hydrogens (tertiary/aromatic N) is 2. The fourth-order valence-electron chi connectivity index (χ4n) is 1.11. The van der Waals surface area contributed by atoms with Crippen LogP contribution in [-0.2, 0) is 12.5 Å². The third kappa shape index (κ3) is 1.43. The number of aromatic nitrogens is 2. The molecule has 0 aromatic carbocycles. The van der Waals surface area contributed by atoms with Crippen molar-refractivity contribution in [1.82, 2.24) is 9.55 Å². The summed E-state index contributed by atoms with van der Waals surface area (Å²) in [6, 6.07) is 0.